The van der Waals surface area contributed by atoms with E-state index in [1.54, 1.807) is 6.07 Å². The lowest BCUT2D eigenvalue weighted by atomic mass is 10.1. The normalized spacial score (nSPS) is 18.2. The zero-order valence-electron chi connectivity index (χ0n) is 7.71. The SMILES string of the molecule is NC1CN(Cc2cccc(Br)c2F)C1. The molecule has 1 saturated heterocycles. The van der Waals surface area contributed by atoms with Gasteiger partial charge in [-0.2, -0.15) is 0 Å². The second-order valence-electron chi connectivity index (χ2n) is 3.67. The molecule has 1 aliphatic rings. The summed E-state index contributed by atoms with van der Waals surface area (Å²) in [4.78, 5) is 2.13. The van der Waals surface area contributed by atoms with Crippen LogP contribution < -0.4 is 5.73 Å². The van der Waals surface area contributed by atoms with Crippen LogP contribution in [0.3, 0.4) is 0 Å². The van der Waals surface area contributed by atoms with Crippen molar-refractivity contribution in [1.29, 1.82) is 0 Å². The fraction of sp³-hybridized carbons (Fsp3) is 0.400. The molecule has 1 aliphatic heterocycles. The molecule has 0 amide bonds. The number of hydrogen-bond acceptors (Lipinski definition) is 2. The van der Waals surface area contributed by atoms with Crippen molar-refractivity contribution < 1.29 is 4.39 Å². The maximum Gasteiger partial charge on any atom is 0.141 e. The van der Waals surface area contributed by atoms with E-state index in [-0.39, 0.29) is 11.9 Å². The van der Waals surface area contributed by atoms with E-state index in [0.29, 0.717) is 11.0 Å². The summed E-state index contributed by atoms with van der Waals surface area (Å²) in [6.07, 6.45) is 0. The third-order valence-electron chi connectivity index (χ3n) is 2.41. The van der Waals surface area contributed by atoms with E-state index in [4.69, 9.17) is 5.73 Å². The molecule has 0 bridgehead atoms. The molecular weight excluding hydrogens is 247 g/mol. The first-order valence-electron chi connectivity index (χ1n) is 4.57. The van der Waals surface area contributed by atoms with Crippen molar-refractivity contribution in [2.75, 3.05) is 13.1 Å². The minimum absolute atomic E-state index is 0.159. The van der Waals surface area contributed by atoms with Gasteiger partial charge < -0.3 is 5.73 Å². The van der Waals surface area contributed by atoms with Gasteiger partial charge in [-0.05, 0) is 22.0 Å². The summed E-state index contributed by atoms with van der Waals surface area (Å²) in [7, 11) is 0. The molecule has 0 unspecified atom stereocenters. The van der Waals surface area contributed by atoms with Crippen LogP contribution in [0.4, 0.5) is 4.39 Å². The Hall–Kier alpha value is -0.450. The molecule has 1 aromatic rings. The van der Waals surface area contributed by atoms with Gasteiger partial charge >= 0.3 is 0 Å². The Kier molecular flexibility index (Phi) is 2.85. The van der Waals surface area contributed by atoms with Crippen LogP contribution in [0.1, 0.15) is 5.56 Å². The number of hydrogen-bond donors (Lipinski definition) is 1. The summed E-state index contributed by atoms with van der Waals surface area (Å²) in [6, 6.07) is 5.64. The van der Waals surface area contributed by atoms with Crippen molar-refractivity contribution in [3.63, 3.8) is 0 Å². The molecule has 0 atom stereocenters. The molecule has 0 saturated carbocycles. The third kappa shape index (κ3) is 1.97. The lowest BCUT2D eigenvalue weighted by Crippen LogP contribution is -2.54. The summed E-state index contributed by atoms with van der Waals surface area (Å²) in [5, 5.41) is 0. The number of halogens is 2. The first kappa shape index (κ1) is 10.1. The molecule has 1 fully saturated rings. The van der Waals surface area contributed by atoms with Crippen LogP contribution in [0, 0.1) is 5.82 Å². The van der Waals surface area contributed by atoms with Crippen molar-refractivity contribution in [1.82, 2.24) is 4.90 Å². The minimum Gasteiger partial charge on any atom is -0.325 e. The number of benzene rings is 1. The molecule has 14 heavy (non-hydrogen) atoms. The van der Waals surface area contributed by atoms with Gasteiger partial charge in [0.25, 0.3) is 0 Å². The Morgan fingerprint density at radius 1 is 1.50 bits per heavy atom. The fourth-order valence-corrected chi connectivity index (χ4v) is 2.06. The van der Waals surface area contributed by atoms with Gasteiger partial charge in [0, 0.05) is 31.2 Å². The second kappa shape index (κ2) is 3.96. The van der Waals surface area contributed by atoms with Gasteiger partial charge in [-0.1, -0.05) is 12.1 Å². The topological polar surface area (TPSA) is 29.3 Å². The maximum absolute atomic E-state index is 13.5. The van der Waals surface area contributed by atoms with Gasteiger partial charge in [0.15, 0.2) is 0 Å². The smallest absolute Gasteiger partial charge is 0.141 e. The second-order valence-corrected chi connectivity index (χ2v) is 4.52. The Balaban J connectivity index is 2.06. The molecule has 4 heteroatoms. The largest absolute Gasteiger partial charge is 0.325 e. The molecular formula is C10H12BrFN2. The highest BCUT2D eigenvalue weighted by Crippen LogP contribution is 2.21. The van der Waals surface area contributed by atoms with Crippen LogP contribution in [0.2, 0.25) is 0 Å². The van der Waals surface area contributed by atoms with Crippen LogP contribution >= 0.6 is 15.9 Å². The molecule has 76 valence electrons. The number of likely N-dealkylation sites (tertiary alicyclic amines) is 1. The van der Waals surface area contributed by atoms with E-state index < -0.39 is 0 Å². The zero-order valence-corrected chi connectivity index (χ0v) is 9.30. The average molecular weight is 259 g/mol. The third-order valence-corrected chi connectivity index (χ3v) is 3.02. The first-order chi connectivity index (χ1) is 6.66. The van der Waals surface area contributed by atoms with E-state index in [9.17, 15) is 4.39 Å². The molecule has 1 heterocycles. The van der Waals surface area contributed by atoms with Crippen LogP contribution in [0.15, 0.2) is 22.7 Å². The van der Waals surface area contributed by atoms with Gasteiger partial charge in [-0.25, -0.2) is 4.39 Å². The predicted molar refractivity (Wildman–Crippen MR) is 57.4 cm³/mol. The van der Waals surface area contributed by atoms with Crippen molar-refractivity contribution in [2.45, 2.75) is 12.6 Å². The molecule has 2 N–H and O–H groups in total. The average Bonchev–Trinajstić information content (AvgIpc) is 2.10. The van der Waals surface area contributed by atoms with E-state index >= 15 is 0 Å². The van der Waals surface area contributed by atoms with E-state index in [0.717, 1.165) is 18.7 Å². The fourth-order valence-electron chi connectivity index (χ4n) is 1.65. The summed E-state index contributed by atoms with van der Waals surface area (Å²) < 4.78 is 14.0. The van der Waals surface area contributed by atoms with Crippen LogP contribution in [-0.2, 0) is 6.54 Å². The van der Waals surface area contributed by atoms with Gasteiger partial charge in [-0.3, -0.25) is 4.90 Å². The van der Waals surface area contributed by atoms with Gasteiger partial charge in [-0.15, -0.1) is 0 Å². The first-order valence-corrected chi connectivity index (χ1v) is 5.37. The van der Waals surface area contributed by atoms with E-state index in [2.05, 4.69) is 20.8 Å². The predicted octanol–water partition coefficient (Wildman–Crippen LogP) is 1.73. The quantitative estimate of drug-likeness (QED) is 0.876. The molecule has 1 aromatic carbocycles. The molecule has 0 radical (unpaired) electrons. The highest BCUT2D eigenvalue weighted by atomic mass is 79.9. The van der Waals surface area contributed by atoms with Crippen LogP contribution in [0.25, 0.3) is 0 Å². The zero-order chi connectivity index (χ0) is 10.1. The molecule has 2 nitrogen and oxygen atoms in total. The maximum atomic E-state index is 13.5. The standard InChI is InChI=1S/C10H12BrFN2/c11-9-3-1-2-7(10(9)12)4-14-5-8(13)6-14/h1-3,8H,4-6,13H2. The van der Waals surface area contributed by atoms with Crippen molar-refractivity contribution in [2.24, 2.45) is 5.73 Å². The van der Waals surface area contributed by atoms with Gasteiger partial charge in [0.2, 0.25) is 0 Å². The van der Waals surface area contributed by atoms with Crippen molar-refractivity contribution in [3.8, 4) is 0 Å². The molecule has 2 rings (SSSR count). The summed E-state index contributed by atoms with van der Waals surface area (Å²) in [5.74, 6) is -0.159. The highest BCUT2D eigenvalue weighted by Gasteiger charge is 2.23. The Labute approximate surface area is 91.0 Å². The Morgan fingerprint density at radius 3 is 2.86 bits per heavy atom. The summed E-state index contributed by atoms with van der Waals surface area (Å²) in [6.45, 7) is 2.39. The highest BCUT2D eigenvalue weighted by molar-refractivity contribution is 9.10. The lowest BCUT2D eigenvalue weighted by Gasteiger charge is -2.36. The van der Waals surface area contributed by atoms with Gasteiger partial charge in [0.05, 0.1) is 4.47 Å². The summed E-state index contributed by atoms with van der Waals surface area (Å²) in [5.41, 5.74) is 6.37. The Morgan fingerprint density at radius 2 is 2.21 bits per heavy atom. The van der Waals surface area contributed by atoms with Crippen LogP contribution in [-0.4, -0.2) is 24.0 Å². The number of nitrogens with two attached hydrogens (primary N) is 1. The molecule has 0 aliphatic carbocycles. The summed E-state index contributed by atoms with van der Waals surface area (Å²) >= 11 is 3.17. The van der Waals surface area contributed by atoms with Crippen molar-refractivity contribution in [3.05, 3.63) is 34.1 Å². The lowest BCUT2D eigenvalue weighted by molar-refractivity contribution is 0.140. The van der Waals surface area contributed by atoms with Gasteiger partial charge in [0.1, 0.15) is 5.82 Å². The van der Waals surface area contributed by atoms with E-state index in [1.807, 2.05) is 12.1 Å². The molecule has 0 aromatic heterocycles. The number of rotatable bonds is 2. The van der Waals surface area contributed by atoms with E-state index in [1.165, 1.54) is 0 Å². The monoisotopic (exact) mass is 258 g/mol. The number of nitrogens with zero attached hydrogens (tertiary/aromatic N) is 1. The van der Waals surface area contributed by atoms with Crippen LogP contribution in [0.5, 0.6) is 0 Å². The van der Waals surface area contributed by atoms with Crippen molar-refractivity contribution >= 4 is 15.9 Å². The molecule has 0 spiro atoms. The Bertz CT molecular complexity index is 337. The minimum atomic E-state index is -0.159.